The highest BCUT2D eigenvalue weighted by Crippen LogP contribution is 2.63. The minimum atomic E-state index is -0.353. The lowest BCUT2D eigenvalue weighted by Crippen LogP contribution is -2.25. The molecule has 1 spiro atoms. The van der Waals surface area contributed by atoms with E-state index < -0.39 is 0 Å². The molecule has 0 radical (unpaired) electrons. The van der Waals surface area contributed by atoms with E-state index in [1.165, 1.54) is 55.6 Å². The van der Waals surface area contributed by atoms with Crippen molar-refractivity contribution in [2.45, 2.75) is 5.41 Å². The zero-order valence-electron chi connectivity index (χ0n) is 25.1. The lowest BCUT2D eigenvalue weighted by Gasteiger charge is -2.30. The molecule has 0 saturated carbocycles. The van der Waals surface area contributed by atoms with Crippen molar-refractivity contribution < 1.29 is 0 Å². The molecule has 46 heavy (non-hydrogen) atoms. The van der Waals surface area contributed by atoms with Crippen LogP contribution in [0, 0.1) is 0 Å². The Labute approximate surface area is 267 Å². The summed E-state index contributed by atoms with van der Waals surface area (Å²) in [5.74, 6) is 0.943. The van der Waals surface area contributed by atoms with Crippen LogP contribution < -0.4 is 0 Å². The number of benzene rings is 7. The maximum atomic E-state index is 5.15. The summed E-state index contributed by atoms with van der Waals surface area (Å²) in [7, 11) is 0. The first-order valence-corrected chi connectivity index (χ1v) is 15.9. The van der Waals surface area contributed by atoms with E-state index in [1.807, 2.05) is 0 Å². The Hall–Kier alpha value is -5.99. The molecule has 0 amide bonds. The zero-order valence-corrected chi connectivity index (χ0v) is 25.1. The zero-order chi connectivity index (χ0) is 30.2. The third-order valence-electron chi connectivity index (χ3n) is 10.0. The van der Waals surface area contributed by atoms with Gasteiger partial charge in [0, 0.05) is 11.3 Å². The molecule has 0 fully saturated rings. The van der Waals surface area contributed by atoms with E-state index in [-0.39, 0.29) is 5.41 Å². The van der Waals surface area contributed by atoms with Gasteiger partial charge < -0.3 is 0 Å². The molecule has 7 aromatic carbocycles. The fourth-order valence-electron chi connectivity index (χ4n) is 8.17. The normalized spacial score (nSPS) is 13.4. The van der Waals surface area contributed by atoms with Gasteiger partial charge in [0.2, 0.25) is 0 Å². The lowest BCUT2D eigenvalue weighted by molar-refractivity contribution is 0.794. The number of imidazole rings is 1. The highest BCUT2D eigenvalue weighted by Gasteiger charge is 2.51. The van der Waals surface area contributed by atoms with Crippen molar-refractivity contribution in [3.8, 4) is 50.5 Å². The molecule has 1 aromatic heterocycles. The van der Waals surface area contributed by atoms with Gasteiger partial charge in [0.1, 0.15) is 5.82 Å². The second-order valence-corrected chi connectivity index (χ2v) is 12.3. The van der Waals surface area contributed by atoms with Crippen LogP contribution in [0.15, 0.2) is 170 Å². The second-order valence-electron chi connectivity index (χ2n) is 12.3. The Morgan fingerprint density at radius 3 is 1.63 bits per heavy atom. The van der Waals surface area contributed by atoms with Gasteiger partial charge in [-0.25, -0.2) is 4.98 Å². The number of aromatic nitrogens is 2. The first kappa shape index (κ1) is 25.3. The summed E-state index contributed by atoms with van der Waals surface area (Å²) in [6.07, 6.45) is 0. The number of hydrogen-bond donors (Lipinski definition) is 0. The highest BCUT2D eigenvalue weighted by molar-refractivity contribution is 5.96. The largest absolute Gasteiger partial charge is 0.292 e. The quantitative estimate of drug-likeness (QED) is 0.202. The molecular formula is C44H28N2. The van der Waals surface area contributed by atoms with Crippen molar-refractivity contribution in [1.29, 1.82) is 0 Å². The molecule has 0 atom stereocenters. The number of hydrogen-bond acceptors (Lipinski definition) is 1. The lowest BCUT2D eigenvalue weighted by atomic mass is 9.70. The van der Waals surface area contributed by atoms with E-state index in [1.54, 1.807) is 0 Å². The standard InChI is InChI=1S/C44H28N2/c1-2-15-32(16-3-1)46-42-24-11-10-23-41(42)45-43(46)31-14-12-13-29(27-31)30-25-26-36-35-19-6-9-22-39(35)44(40(36)28-30)37-20-7-4-17-33(37)34-18-5-8-21-38(34)44/h1-28H. The van der Waals surface area contributed by atoms with E-state index in [0.29, 0.717) is 0 Å². The average Bonchev–Trinajstić information content (AvgIpc) is 3.76. The Kier molecular flexibility index (Phi) is 5.24. The molecular weight excluding hydrogens is 556 g/mol. The van der Waals surface area contributed by atoms with Crippen LogP contribution in [0.25, 0.3) is 61.5 Å². The molecule has 0 bridgehead atoms. The van der Waals surface area contributed by atoms with Crippen LogP contribution in [0.4, 0.5) is 0 Å². The summed E-state index contributed by atoms with van der Waals surface area (Å²) in [6, 6.07) is 61.8. The fraction of sp³-hybridized carbons (Fsp3) is 0.0227. The minimum Gasteiger partial charge on any atom is -0.292 e. The molecule has 1 heterocycles. The molecule has 0 saturated heterocycles. The van der Waals surface area contributed by atoms with Gasteiger partial charge in [-0.15, -0.1) is 0 Å². The molecule has 0 N–H and O–H groups in total. The molecule has 2 aliphatic rings. The predicted octanol–water partition coefficient (Wildman–Crippen LogP) is 10.7. The van der Waals surface area contributed by atoms with Crippen LogP contribution in [0.1, 0.15) is 22.3 Å². The van der Waals surface area contributed by atoms with Gasteiger partial charge in [-0.1, -0.05) is 133 Å². The monoisotopic (exact) mass is 584 g/mol. The molecule has 2 aliphatic carbocycles. The summed E-state index contributed by atoms with van der Waals surface area (Å²) in [6.45, 7) is 0. The smallest absolute Gasteiger partial charge is 0.145 e. The van der Waals surface area contributed by atoms with Crippen molar-refractivity contribution in [3.63, 3.8) is 0 Å². The summed E-state index contributed by atoms with van der Waals surface area (Å²) < 4.78 is 2.27. The van der Waals surface area contributed by atoms with Crippen LogP contribution in [0.5, 0.6) is 0 Å². The van der Waals surface area contributed by atoms with Gasteiger partial charge in [0.15, 0.2) is 0 Å². The molecule has 0 unspecified atom stereocenters. The molecule has 2 heteroatoms. The van der Waals surface area contributed by atoms with E-state index >= 15 is 0 Å². The first-order valence-electron chi connectivity index (χ1n) is 15.9. The van der Waals surface area contributed by atoms with Crippen LogP contribution in [-0.4, -0.2) is 9.55 Å². The van der Waals surface area contributed by atoms with Gasteiger partial charge >= 0.3 is 0 Å². The third kappa shape index (κ3) is 3.33. The summed E-state index contributed by atoms with van der Waals surface area (Å²) in [5, 5.41) is 0. The van der Waals surface area contributed by atoms with Gasteiger partial charge in [0.25, 0.3) is 0 Å². The van der Waals surface area contributed by atoms with E-state index in [9.17, 15) is 0 Å². The highest BCUT2D eigenvalue weighted by atomic mass is 15.1. The Morgan fingerprint density at radius 1 is 0.391 bits per heavy atom. The van der Waals surface area contributed by atoms with Crippen molar-refractivity contribution in [2.24, 2.45) is 0 Å². The van der Waals surface area contributed by atoms with Gasteiger partial charge in [0.05, 0.1) is 16.4 Å². The van der Waals surface area contributed by atoms with Gasteiger partial charge in [-0.3, -0.25) is 4.57 Å². The summed E-state index contributed by atoms with van der Waals surface area (Å²) >= 11 is 0. The number of para-hydroxylation sites is 3. The SMILES string of the molecule is c1ccc(-n2c(-c3cccc(-c4ccc5c(c4)C4(c6ccccc6-c6ccccc64)c4ccccc4-5)c3)nc3ccccc32)cc1. The van der Waals surface area contributed by atoms with Crippen LogP contribution in [0.3, 0.4) is 0 Å². The van der Waals surface area contributed by atoms with Crippen molar-refractivity contribution in [1.82, 2.24) is 9.55 Å². The fourth-order valence-corrected chi connectivity index (χ4v) is 8.17. The van der Waals surface area contributed by atoms with Crippen LogP contribution in [-0.2, 0) is 5.41 Å². The number of nitrogens with zero attached hydrogens (tertiary/aromatic N) is 2. The summed E-state index contributed by atoms with van der Waals surface area (Å²) in [4.78, 5) is 5.15. The number of fused-ring (bicyclic) bond motifs is 11. The second kappa shape index (κ2) is 9.50. The Bertz CT molecular complexity index is 2420. The maximum absolute atomic E-state index is 5.15. The Morgan fingerprint density at radius 2 is 0.935 bits per heavy atom. The van der Waals surface area contributed by atoms with Crippen molar-refractivity contribution in [3.05, 3.63) is 192 Å². The summed E-state index contributed by atoms with van der Waals surface area (Å²) in [5.41, 5.74) is 17.1. The average molecular weight is 585 g/mol. The first-order chi connectivity index (χ1) is 22.8. The molecule has 2 nitrogen and oxygen atoms in total. The predicted molar refractivity (Wildman–Crippen MR) is 188 cm³/mol. The minimum absolute atomic E-state index is 0.353. The van der Waals surface area contributed by atoms with Gasteiger partial charge in [-0.05, 0) is 92.0 Å². The molecule has 10 rings (SSSR count). The molecule has 214 valence electrons. The Balaban J connectivity index is 1.19. The van der Waals surface area contributed by atoms with Crippen molar-refractivity contribution >= 4 is 11.0 Å². The maximum Gasteiger partial charge on any atom is 0.145 e. The molecule has 0 aliphatic heterocycles. The molecule has 8 aromatic rings. The third-order valence-corrected chi connectivity index (χ3v) is 10.0. The van der Waals surface area contributed by atoms with E-state index in [4.69, 9.17) is 4.98 Å². The number of rotatable bonds is 3. The topological polar surface area (TPSA) is 17.8 Å². The van der Waals surface area contributed by atoms with Crippen molar-refractivity contribution in [2.75, 3.05) is 0 Å². The van der Waals surface area contributed by atoms with E-state index in [2.05, 4.69) is 174 Å². The van der Waals surface area contributed by atoms with Crippen LogP contribution >= 0.6 is 0 Å². The van der Waals surface area contributed by atoms with E-state index in [0.717, 1.165) is 28.1 Å². The van der Waals surface area contributed by atoms with Gasteiger partial charge in [-0.2, -0.15) is 0 Å². The van der Waals surface area contributed by atoms with Crippen LogP contribution in [0.2, 0.25) is 0 Å².